The zero-order valence-electron chi connectivity index (χ0n) is 34.4. The maximum absolute atomic E-state index is 13.2. The van der Waals surface area contributed by atoms with Crippen LogP contribution in [0.1, 0.15) is 97.3 Å². The van der Waals surface area contributed by atoms with Crippen LogP contribution in [0.3, 0.4) is 0 Å². The molecule has 10 nitrogen and oxygen atoms in total. The number of quaternary nitrogens is 1. The molecule has 10 heteroatoms. The molecule has 0 aliphatic carbocycles. The average Bonchev–Trinajstić information content (AvgIpc) is 3.20. The van der Waals surface area contributed by atoms with E-state index in [-0.39, 0.29) is 17.8 Å². The maximum atomic E-state index is 13.2. The molecule has 0 fully saturated rings. The molecular weight excluding hydrogens is 721 g/mol. The lowest BCUT2D eigenvalue weighted by molar-refractivity contribution is -0.958. The Hall–Kier alpha value is -4.93. The second-order valence-electron chi connectivity index (χ2n) is 16.2. The summed E-state index contributed by atoms with van der Waals surface area (Å²) in [6.45, 7) is 3.63. The Bertz CT molecular complexity index is 2070. The van der Waals surface area contributed by atoms with Crippen molar-refractivity contribution in [2.45, 2.75) is 95.7 Å². The number of carbonyl (C=O) groups excluding carboxylic acids is 1. The number of aromatic hydroxyl groups is 1. The summed E-state index contributed by atoms with van der Waals surface area (Å²) in [6.07, 6.45) is 9.59. The summed E-state index contributed by atoms with van der Waals surface area (Å²) < 4.78 is 31.2. The topological polar surface area (TPSA) is 110 Å². The molecule has 4 aromatic carbocycles. The summed E-state index contributed by atoms with van der Waals surface area (Å²) in [7, 11) is 8.99. The number of nitrogens with zero attached hydrogens (tertiary/aromatic N) is 2. The van der Waals surface area contributed by atoms with Crippen molar-refractivity contribution in [3.05, 3.63) is 94.0 Å². The average molecular weight is 779 g/mol. The largest absolute Gasteiger partial charge is 0.544 e. The number of carbonyl (C=O) groups is 1. The van der Waals surface area contributed by atoms with Crippen LogP contribution in [-0.4, -0.2) is 75.0 Å². The van der Waals surface area contributed by atoms with E-state index in [1.807, 2.05) is 48.5 Å². The van der Waals surface area contributed by atoms with Crippen molar-refractivity contribution < 1.29 is 43.2 Å². The van der Waals surface area contributed by atoms with Crippen LogP contribution in [0.25, 0.3) is 0 Å². The van der Waals surface area contributed by atoms with Gasteiger partial charge in [-0.15, -0.1) is 0 Å². The maximum Gasteiger partial charge on any atom is 0.201 e. The van der Waals surface area contributed by atoms with Gasteiger partial charge in [-0.2, -0.15) is 0 Å². The number of methoxy groups -OCH3 is 3. The van der Waals surface area contributed by atoms with Gasteiger partial charge >= 0.3 is 0 Å². The first-order valence-corrected chi connectivity index (χ1v) is 20.6. The number of fused-ring (bicyclic) bond motifs is 2. The summed E-state index contributed by atoms with van der Waals surface area (Å²) in [5.74, 6) is 2.44. The van der Waals surface area contributed by atoms with Gasteiger partial charge in [0.2, 0.25) is 5.75 Å². The van der Waals surface area contributed by atoms with Crippen LogP contribution in [0.15, 0.2) is 60.7 Å². The predicted octanol–water partition coefficient (Wildman–Crippen LogP) is 8.24. The van der Waals surface area contributed by atoms with Gasteiger partial charge in [-0.25, -0.2) is 0 Å². The molecule has 0 aromatic heterocycles. The van der Waals surface area contributed by atoms with E-state index >= 15 is 0 Å². The number of carboxylic acid groups (broad SMARTS) is 1. The van der Waals surface area contributed by atoms with Gasteiger partial charge in [0.25, 0.3) is 0 Å². The monoisotopic (exact) mass is 778 g/mol. The minimum Gasteiger partial charge on any atom is -0.544 e. The fourth-order valence-corrected chi connectivity index (χ4v) is 9.44. The molecule has 8 rings (SSSR count). The second-order valence-corrected chi connectivity index (χ2v) is 16.2. The zero-order valence-corrected chi connectivity index (χ0v) is 34.4. The summed E-state index contributed by atoms with van der Waals surface area (Å²) in [4.78, 5) is 15.5. The van der Waals surface area contributed by atoms with Crippen LogP contribution >= 0.6 is 0 Å². The molecule has 4 unspecified atom stereocenters. The summed E-state index contributed by atoms with van der Waals surface area (Å²) in [5, 5.41) is 25.1. The molecule has 0 amide bonds. The van der Waals surface area contributed by atoms with E-state index in [0.717, 1.165) is 65.6 Å². The van der Waals surface area contributed by atoms with E-state index in [1.165, 1.54) is 19.3 Å². The molecule has 0 saturated heterocycles. The third kappa shape index (κ3) is 8.12. The Morgan fingerprint density at radius 3 is 2.25 bits per heavy atom. The van der Waals surface area contributed by atoms with Crippen molar-refractivity contribution in [2.24, 2.45) is 0 Å². The van der Waals surface area contributed by atoms with E-state index < -0.39 is 12.0 Å². The highest BCUT2D eigenvalue weighted by atomic mass is 16.5. The van der Waals surface area contributed by atoms with Crippen molar-refractivity contribution in [1.82, 2.24) is 4.90 Å². The van der Waals surface area contributed by atoms with E-state index in [4.69, 9.17) is 23.7 Å². The molecular formula is C47H58N2O8. The minimum absolute atomic E-state index is 0.0860. The number of carboxylic acids is 1. The minimum atomic E-state index is -1.01. The van der Waals surface area contributed by atoms with Crippen molar-refractivity contribution >= 4 is 5.97 Å². The van der Waals surface area contributed by atoms with Gasteiger partial charge in [0, 0.05) is 43.0 Å². The number of phenolic OH excluding ortho intramolecular Hbond substituents is 1. The lowest BCUT2D eigenvalue weighted by atomic mass is 9.84. The van der Waals surface area contributed by atoms with Crippen LogP contribution in [-0.2, 0) is 30.5 Å². The predicted molar refractivity (Wildman–Crippen MR) is 218 cm³/mol. The van der Waals surface area contributed by atoms with Crippen molar-refractivity contribution in [1.29, 1.82) is 0 Å². The standard InChI is InChI=1S/C47H58N2O8/c1-7-8-9-10-11-12-13-37(47(51)52)49(3)23-21-32-27-40(54-5)42-29-35(32)38(49)25-30-14-17-34(18-15-30)56-41-26-31(16-19-39(41)53-4)24-36-44-33(20-22-48(36)2)28-43(55-6)45(50)46(44)57-42/h14-19,26-29,36-38H,7-13,20-25H2,1-6H3,(H-,50,51,52). The van der Waals surface area contributed by atoms with Gasteiger partial charge in [0.05, 0.1) is 40.9 Å². The highest BCUT2D eigenvalue weighted by molar-refractivity contribution is 5.70. The van der Waals surface area contributed by atoms with Crippen LogP contribution in [0.5, 0.6) is 46.0 Å². The third-order valence-electron chi connectivity index (χ3n) is 12.8. The smallest absolute Gasteiger partial charge is 0.201 e. The molecule has 6 bridgehead atoms. The molecule has 0 saturated carbocycles. The Morgan fingerprint density at radius 2 is 1.53 bits per heavy atom. The van der Waals surface area contributed by atoms with Gasteiger partial charge in [-0.1, -0.05) is 57.2 Å². The first-order chi connectivity index (χ1) is 27.6. The number of hydrogen-bond acceptors (Lipinski definition) is 9. The quantitative estimate of drug-likeness (QED) is 0.112. The van der Waals surface area contributed by atoms with Crippen molar-refractivity contribution in [3.8, 4) is 46.0 Å². The third-order valence-corrected chi connectivity index (χ3v) is 12.8. The number of likely N-dealkylation sites (N-methyl/N-ethyl adjacent to an activating group) is 2. The van der Waals surface area contributed by atoms with Crippen molar-refractivity contribution in [2.75, 3.05) is 48.5 Å². The molecule has 304 valence electrons. The van der Waals surface area contributed by atoms with Crippen LogP contribution in [0, 0.1) is 0 Å². The molecule has 4 aliphatic rings. The second kappa shape index (κ2) is 17.3. The van der Waals surface area contributed by atoms with E-state index in [9.17, 15) is 15.0 Å². The molecule has 4 aromatic rings. The number of aliphatic carboxylic acids is 1. The molecule has 57 heavy (non-hydrogen) atoms. The number of ether oxygens (including phenoxy) is 5. The Morgan fingerprint density at radius 1 is 0.842 bits per heavy atom. The van der Waals surface area contributed by atoms with Gasteiger partial charge in [-0.05, 0) is 91.0 Å². The number of unbranched alkanes of at least 4 members (excludes halogenated alkanes) is 5. The van der Waals surface area contributed by atoms with E-state index in [1.54, 1.807) is 21.3 Å². The first kappa shape index (κ1) is 40.3. The molecule has 4 atom stereocenters. The number of benzene rings is 4. The number of rotatable bonds is 12. The highest BCUT2D eigenvalue weighted by Crippen LogP contribution is 2.52. The van der Waals surface area contributed by atoms with Crippen molar-refractivity contribution in [3.63, 3.8) is 0 Å². The Labute approximate surface area is 337 Å². The molecule has 4 heterocycles. The molecule has 4 aliphatic heterocycles. The van der Waals surface area contributed by atoms with Gasteiger partial charge in [0.1, 0.15) is 17.8 Å². The molecule has 0 radical (unpaired) electrons. The van der Waals surface area contributed by atoms with E-state index in [2.05, 4.69) is 38.1 Å². The summed E-state index contributed by atoms with van der Waals surface area (Å²) >= 11 is 0. The van der Waals surface area contributed by atoms with Crippen LogP contribution < -0.4 is 28.8 Å². The van der Waals surface area contributed by atoms with Gasteiger partial charge in [-0.3, -0.25) is 4.90 Å². The SMILES string of the molecule is CCCCCCCCC(C(=O)[O-])[N+]1(C)CCc2cc(OC)c3cc2C1Cc1ccc(cc1)Oc1cc(ccc1OC)CC1c2c(cc(OC)c(O)c2O3)CCN1C. The lowest BCUT2D eigenvalue weighted by Crippen LogP contribution is -2.63. The Balaban J connectivity index is 1.40. The zero-order chi connectivity index (χ0) is 40.3. The molecule has 0 spiro atoms. The fraction of sp³-hybridized carbons (Fsp3) is 0.468. The number of phenols is 1. The summed E-state index contributed by atoms with van der Waals surface area (Å²) in [6, 6.07) is 18.9. The van der Waals surface area contributed by atoms with E-state index in [0.29, 0.717) is 77.0 Å². The number of hydrogen-bond donors (Lipinski definition) is 1. The highest BCUT2D eigenvalue weighted by Gasteiger charge is 2.46. The summed E-state index contributed by atoms with van der Waals surface area (Å²) in [5.41, 5.74) is 6.08. The Kier molecular flexibility index (Phi) is 12.2. The lowest BCUT2D eigenvalue weighted by Gasteiger charge is -2.51. The van der Waals surface area contributed by atoms with Gasteiger partial charge < -0.3 is 43.2 Å². The molecule has 1 N–H and O–H groups in total. The first-order valence-electron chi connectivity index (χ1n) is 20.6. The van der Waals surface area contributed by atoms with Crippen LogP contribution in [0.2, 0.25) is 0 Å². The normalized spacial score (nSPS) is 20.6. The fourth-order valence-electron chi connectivity index (χ4n) is 9.44. The van der Waals surface area contributed by atoms with Crippen LogP contribution in [0.4, 0.5) is 0 Å². The van der Waals surface area contributed by atoms with Gasteiger partial charge in [0.15, 0.2) is 34.5 Å².